The molecule has 55 heavy (non-hydrogen) atoms. The Kier molecular flexibility index (Phi) is 6.99. The van der Waals surface area contributed by atoms with Gasteiger partial charge in [0.2, 0.25) is 11.8 Å². The summed E-state index contributed by atoms with van der Waals surface area (Å²) < 4.78 is 14.9. The monoisotopic (exact) mass is 708 g/mol. The predicted octanol–water partition coefficient (Wildman–Crippen LogP) is 11.6. The summed E-state index contributed by atoms with van der Waals surface area (Å²) in [6, 6.07) is 56.8. The number of fused-ring (bicyclic) bond motifs is 5. The largest absolute Gasteiger partial charge is 0.436 e. The fraction of sp³-hybridized carbons (Fsp3) is 0. The number of oxazole rings is 2. The van der Waals surface area contributed by atoms with Crippen molar-refractivity contribution in [3.05, 3.63) is 170 Å². The lowest BCUT2D eigenvalue weighted by Crippen LogP contribution is -2.00. The lowest BCUT2D eigenvalue weighted by molar-refractivity contribution is 0.619. The van der Waals surface area contributed by atoms with E-state index in [4.69, 9.17) is 33.8 Å². The third kappa shape index (κ3) is 5.35. The molecule has 4 heterocycles. The molecule has 0 amide bonds. The van der Waals surface area contributed by atoms with Crippen molar-refractivity contribution in [2.75, 3.05) is 0 Å². The lowest BCUT2D eigenvalue weighted by atomic mass is 10.1. The van der Waals surface area contributed by atoms with Crippen LogP contribution < -0.4 is 0 Å². The minimum Gasteiger partial charge on any atom is -0.436 e. The minimum atomic E-state index is 0.526. The van der Waals surface area contributed by atoms with Crippen molar-refractivity contribution in [2.45, 2.75) is 0 Å². The second-order valence-corrected chi connectivity index (χ2v) is 13.4. The fourth-order valence-electron chi connectivity index (χ4n) is 7.28. The molecule has 0 aliphatic carbocycles. The first kappa shape index (κ1) is 30.9. The van der Waals surface area contributed by atoms with Crippen LogP contribution >= 0.6 is 0 Å². The first-order chi connectivity index (χ1) is 27.2. The van der Waals surface area contributed by atoms with Gasteiger partial charge >= 0.3 is 0 Å². The van der Waals surface area contributed by atoms with Gasteiger partial charge in [-0.2, -0.15) is 0 Å². The molecule has 11 aromatic rings. The topological polar surface area (TPSA) is 95.7 Å². The van der Waals surface area contributed by atoms with Gasteiger partial charge in [-0.05, 0) is 72.8 Å². The van der Waals surface area contributed by atoms with E-state index in [9.17, 15) is 0 Å². The van der Waals surface area contributed by atoms with Crippen LogP contribution in [0.3, 0.4) is 0 Å². The van der Waals surface area contributed by atoms with Gasteiger partial charge in [-0.1, -0.05) is 97.1 Å². The van der Waals surface area contributed by atoms with E-state index in [0.717, 1.165) is 71.9 Å². The molecule has 4 aromatic heterocycles. The second kappa shape index (κ2) is 12.5. The summed E-state index contributed by atoms with van der Waals surface area (Å²) in [6.07, 6.45) is 0. The summed E-state index contributed by atoms with van der Waals surface area (Å²) in [4.78, 5) is 24.3. The van der Waals surface area contributed by atoms with E-state index in [1.807, 2.05) is 115 Å². The first-order valence-corrected chi connectivity index (χ1v) is 18.0. The molecular weight excluding hydrogens is 681 g/mol. The Morgan fingerprint density at radius 3 is 1.65 bits per heavy atom. The molecule has 8 nitrogen and oxygen atoms in total. The number of benzene rings is 7. The molecule has 258 valence electrons. The van der Waals surface area contributed by atoms with Crippen molar-refractivity contribution in [2.24, 2.45) is 0 Å². The van der Waals surface area contributed by atoms with Gasteiger partial charge in [0.25, 0.3) is 0 Å². The molecule has 8 heteroatoms. The highest BCUT2D eigenvalue weighted by Crippen LogP contribution is 2.37. The van der Waals surface area contributed by atoms with Crippen LogP contribution in [0.2, 0.25) is 0 Å². The average Bonchev–Trinajstić information content (AvgIpc) is 3.98. The highest BCUT2D eigenvalue weighted by Gasteiger charge is 2.18. The molecule has 0 atom stereocenters. The quantitative estimate of drug-likeness (QED) is 0.170. The van der Waals surface area contributed by atoms with E-state index >= 15 is 0 Å². The van der Waals surface area contributed by atoms with Crippen LogP contribution in [0.5, 0.6) is 0 Å². The van der Waals surface area contributed by atoms with Crippen LogP contribution in [-0.4, -0.2) is 29.5 Å². The third-order valence-electron chi connectivity index (χ3n) is 9.91. The van der Waals surface area contributed by atoms with Crippen LogP contribution in [0.25, 0.3) is 107 Å². The van der Waals surface area contributed by atoms with Crippen LogP contribution in [0.15, 0.2) is 179 Å². The standard InChI is InChI=1S/C47H28N6O2/c1-3-12-29(13-4-1)43-50-44(30-14-5-2-6-15-30)52-45(51-43)31-22-24-38-42(28-31)55-46(49-38)32-16-11-17-34(26-32)53-39-20-9-7-18-35(39)36-27-33(23-25-40(36)53)47-48-37-19-8-10-21-41(37)54-47/h1-28H. The summed E-state index contributed by atoms with van der Waals surface area (Å²) >= 11 is 0. The summed E-state index contributed by atoms with van der Waals surface area (Å²) in [5, 5.41) is 2.25. The van der Waals surface area contributed by atoms with Crippen molar-refractivity contribution < 1.29 is 8.83 Å². The molecule has 0 radical (unpaired) electrons. The zero-order chi connectivity index (χ0) is 36.3. The van der Waals surface area contributed by atoms with E-state index < -0.39 is 0 Å². The van der Waals surface area contributed by atoms with Crippen LogP contribution in [0, 0.1) is 0 Å². The summed E-state index contributed by atoms with van der Waals surface area (Å²) in [5.41, 5.74) is 10.6. The zero-order valence-corrected chi connectivity index (χ0v) is 29.2. The fourth-order valence-corrected chi connectivity index (χ4v) is 7.28. The molecule has 7 aromatic carbocycles. The maximum atomic E-state index is 6.47. The van der Waals surface area contributed by atoms with Gasteiger partial charge in [0.15, 0.2) is 28.6 Å². The van der Waals surface area contributed by atoms with Crippen molar-refractivity contribution in [1.82, 2.24) is 29.5 Å². The van der Waals surface area contributed by atoms with Crippen molar-refractivity contribution in [3.8, 4) is 62.8 Å². The molecule has 0 saturated heterocycles. The highest BCUT2D eigenvalue weighted by molar-refractivity contribution is 6.10. The summed E-state index contributed by atoms with van der Waals surface area (Å²) in [5.74, 6) is 2.89. The van der Waals surface area contributed by atoms with E-state index in [1.54, 1.807) is 0 Å². The van der Waals surface area contributed by atoms with Crippen molar-refractivity contribution in [1.29, 1.82) is 0 Å². The molecule has 0 aliphatic heterocycles. The molecule has 0 spiro atoms. The summed E-state index contributed by atoms with van der Waals surface area (Å²) in [6.45, 7) is 0. The Morgan fingerprint density at radius 2 is 0.909 bits per heavy atom. The molecule has 0 N–H and O–H groups in total. The van der Waals surface area contributed by atoms with Gasteiger partial charge in [0.05, 0.1) is 11.0 Å². The smallest absolute Gasteiger partial charge is 0.227 e. The van der Waals surface area contributed by atoms with Crippen molar-refractivity contribution >= 4 is 44.0 Å². The Morgan fingerprint density at radius 1 is 0.345 bits per heavy atom. The van der Waals surface area contributed by atoms with Crippen LogP contribution in [-0.2, 0) is 0 Å². The minimum absolute atomic E-state index is 0.526. The molecule has 0 saturated carbocycles. The molecule has 0 bridgehead atoms. The van der Waals surface area contributed by atoms with Crippen molar-refractivity contribution in [3.63, 3.8) is 0 Å². The lowest BCUT2D eigenvalue weighted by Gasteiger charge is -2.09. The SMILES string of the molecule is c1ccc(-c2nc(-c3ccccc3)nc(-c3ccc4nc(-c5cccc(-n6c7ccccc7c7cc(-c8nc9ccccc9o8)ccc76)c5)oc4c3)n2)cc1. The predicted molar refractivity (Wildman–Crippen MR) is 216 cm³/mol. The highest BCUT2D eigenvalue weighted by atomic mass is 16.4. The molecule has 11 rings (SSSR count). The molecule has 0 aliphatic rings. The number of para-hydroxylation sites is 3. The third-order valence-corrected chi connectivity index (χ3v) is 9.91. The van der Waals surface area contributed by atoms with Gasteiger partial charge in [0.1, 0.15) is 11.0 Å². The Balaban J connectivity index is 0.985. The Bertz CT molecular complexity index is 3130. The second-order valence-electron chi connectivity index (χ2n) is 13.4. The average molecular weight is 709 g/mol. The number of aromatic nitrogens is 6. The van der Waals surface area contributed by atoms with E-state index in [1.165, 1.54) is 0 Å². The van der Waals surface area contributed by atoms with Gasteiger partial charge in [-0.15, -0.1) is 0 Å². The Labute approximate surface area is 314 Å². The molecule has 0 fully saturated rings. The van der Waals surface area contributed by atoms with Gasteiger partial charge < -0.3 is 13.4 Å². The maximum absolute atomic E-state index is 6.47. The van der Waals surface area contributed by atoms with Gasteiger partial charge in [0, 0.05) is 44.3 Å². The molecule has 0 unspecified atom stereocenters. The number of nitrogens with zero attached hydrogens (tertiary/aromatic N) is 6. The van der Waals surface area contributed by atoms with Crippen LogP contribution in [0.1, 0.15) is 0 Å². The molecular formula is C47H28N6O2. The van der Waals surface area contributed by atoms with E-state index in [2.05, 4.69) is 59.2 Å². The first-order valence-electron chi connectivity index (χ1n) is 18.0. The van der Waals surface area contributed by atoms with Gasteiger partial charge in [-0.25, -0.2) is 24.9 Å². The number of hydrogen-bond acceptors (Lipinski definition) is 7. The van der Waals surface area contributed by atoms with E-state index in [0.29, 0.717) is 34.8 Å². The Hall–Kier alpha value is -7.71. The number of hydrogen-bond donors (Lipinski definition) is 0. The number of rotatable bonds is 6. The van der Waals surface area contributed by atoms with Crippen LogP contribution in [0.4, 0.5) is 0 Å². The maximum Gasteiger partial charge on any atom is 0.227 e. The van der Waals surface area contributed by atoms with Gasteiger partial charge in [-0.3, -0.25) is 0 Å². The normalized spacial score (nSPS) is 11.6. The zero-order valence-electron chi connectivity index (χ0n) is 29.2. The van der Waals surface area contributed by atoms with E-state index in [-0.39, 0.29) is 0 Å². The summed E-state index contributed by atoms with van der Waals surface area (Å²) in [7, 11) is 0.